The molecule has 0 aliphatic carbocycles. The number of piperidine rings is 1. The van der Waals surface area contributed by atoms with Crippen molar-refractivity contribution in [2.24, 2.45) is 4.99 Å². The van der Waals surface area contributed by atoms with Crippen LogP contribution < -0.4 is 10.0 Å². The third kappa shape index (κ3) is 9.23. The van der Waals surface area contributed by atoms with Gasteiger partial charge in [-0.1, -0.05) is 17.7 Å². The summed E-state index contributed by atoms with van der Waals surface area (Å²) in [5.41, 5.74) is 0. The number of hydrogen-bond acceptors (Lipinski definition) is 5. The highest BCUT2D eigenvalue weighted by Gasteiger charge is 2.22. The fourth-order valence-corrected chi connectivity index (χ4v) is 4.43. The number of methoxy groups -OCH3 is 1. The van der Waals surface area contributed by atoms with Gasteiger partial charge in [-0.2, -0.15) is 0 Å². The van der Waals surface area contributed by atoms with Gasteiger partial charge < -0.3 is 19.7 Å². The van der Waals surface area contributed by atoms with Crippen LogP contribution in [-0.2, 0) is 19.5 Å². The van der Waals surface area contributed by atoms with Gasteiger partial charge in [0.05, 0.1) is 11.0 Å². The minimum Gasteiger partial charge on any atom is -0.385 e. The van der Waals surface area contributed by atoms with Crippen molar-refractivity contribution in [2.75, 3.05) is 53.6 Å². The lowest BCUT2D eigenvalue weighted by Gasteiger charge is -2.34. The standard InChI is InChI=1S/C19H31ClN4O4S.HI/c1-21-19(24-11-7-17(8-12-24)28-14-4-13-27-2)22-9-10-23-29(25,26)18-6-3-5-16(20)15-18;/h3,5-6,15,17,23H,4,7-14H2,1-2H3,(H,21,22);1H. The molecule has 0 aromatic heterocycles. The van der Waals surface area contributed by atoms with Gasteiger partial charge in [-0.25, -0.2) is 13.1 Å². The number of nitrogens with one attached hydrogen (secondary N) is 2. The van der Waals surface area contributed by atoms with Crippen LogP contribution >= 0.6 is 35.6 Å². The number of aliphatic imine (C=N–C) groups is 1. The molecule has 0 radical (unpaired) electrons. The van der Waals surface area contributed by atoms with Gasteiger partial charge in [0, 0.05) is 58.6 Å². The molecular weight excluding hydrogens is 543 g/mol. The number of guanidine groups is 1. The minimum atomic E-state index is -3.59. The van der Waals surface area contributed by atoms with Crippen molar-refractivity contribution in [3.63, 3.8) is 0 Å². The second kappa shape index (κ2) is 14.4. The molecule has 0 atom stereocenters. The number of nitrogens with zero attached hydrogens (tertiary/aromatic N) is 2. The molecule has 1 fully saturated rings. The first-order valence-electron chi connectivity index (χ1n) is 9.77. The zero-order valence-corrected chi connectivity index (χ0v) is 21.4. The van der Waals surface area contributed by atoms with E-state index in [4.69, 9.17) is 21.1 Å². The Morgan fingerprint density at radius 1 is 1.27 bits per heavy atom. The molecule has 2 rings (SSSR count). The van der Waals surface area contributed by atoms with E-state index in [0.29, 0.717) is 11.6 Å². The molecule has 30 heavy (non-hydrogen) atoms. The van der Waals surface area contributed by atoms with Crippen molar-refractivity contribution < 1.29 is 17.9 Å². The van der Waals surface area contributed by atoms with Gasteiger partial charge in [0.2, 0.25) is 10.0 Å². The SMILES string of the molecule is CN=C(NCCNS(=O)(=O)c1cccc(Cl)c1)N1CCC(OCCCOC)CC1.I. The van der Waals surface area contributed by atoms with Crippen LogP contribution in [0.2, 0.25) is 5.02 Å². The molecule has 0 amide bonds. The van der Waals surface area contributed by atoms with E-state index < -0.39 is 10.0 Å². The van der Waals surface area contributed by atoms with Crippen LogP contribution in [0.4, 0.5) is 0 Å². The summed E-state index contributed by atoms with van der Waals surface area (Å²) in [7, 11) is -0.164. The summed E-state index contributed by atoms with van der Waals surface area (Å²) < 4.78 is 38.1. The van der Waals surface area contributed by atoms with Crippen LogP contribution in [-0.4, -0.2) is 78.9 Å². The normalized spacial score (nSPS) is 15.7. The smallest absolute Gasteiger partial charge is 0.240 e. The molecule has 0 bridgehead atoms. The van der Waals surface area contributed by atoms with E-state index in [9.17, 15) is 8.42 Å². The Labute approximate surface area is 201 Å². The van der Waals surface area contributed by atoms with Crippen molar-refractivity contribution in [1.82, 2.24) is 14.9 Å². The van der Waals surface area contributed by atoms with E-state index in [0.717, 1.165) is 51.5 Å². The lowest BCUT2D eigenvalue weighted by molar-refractivity contribution is 0.00992. The molecule has 0 unspecified atom stereocenters. The summed E-state index contributed by atoms with van der Waals surface area (Å²) in [6, 6.07) is 6.20. The lowest BCUT2D eigenvalue weighted by Crippen LogP contribution is -2.48. The molecule has 8 nitrogen and oxygen atoms in total. The number of rotatable bonds is 10. The highest BCUT2D eigenvalue weighted by Crippen LogP contribution is 2.15. The Kier molecular flexibility index (Phi) is 13.1. The summed E-state index contributed by atoms with van der Waals surface area (Å²) in [4.78, 5) is 6.63. The molecule has 1 aromatic rings. The quantitative estimate of drug-likeness (QED) is 0.193. The summed E-state index contributed by atoms with van der Waals surface area (Å²) in [6.07, 6.45) is 3.06. The fourth-order valence-electron chi connectivity index (χ4n) is 3.10. The van der Waals surface area contributed by atoms with E-state index >= 15 is 0 Å². The Morgan fingerprint density at radius 3 is 2.63 bits per heavy atom. The summed E-state index contributed by atoms with van der Waals surface area (Å²) in [5.74, 6) is 0.768. The molecule has 2 N–H and O–H groups in total. The van der Waals surface area contributed by atoms with Crippen molar-refractivity contribution in [2.45, 2.75) is 30.3 Å². The van der Waals surface area contributed by atoms with Gasteiger partial charge in [0.25, 0.3) is 0 Å². The summed E-state index contributed by atoms with van der Waals surface area (Å²) in [6.45, 7) is 3.81. The zero-order valence-electron chi connectivity index (χ0n) is 17.5. The molecule has 0 spiro atoms. The largest absolute Gasteiger partial charge is 0.385 e. The van der Waals surface area contributed by atoms with E-state index in [1.54, 1.807) is 26.3 Å². The first kappa shape index (κ1) is 27.4. The van der Waals surface area contributed by atoms with Gasteiger partial charge in [-0.15, -0.1) is 24.0 Å². The number of likely N-dealkylation sites (tertiary alicyclic amines) is 1. The Hall–Kier alpha value is -0.660. The number of ether oxygens (including phenoxy) is 2. The summed E-state index contributed by atoms with van der Waals surface area (Å²) in [5, 5.41) is 3.60. The Bertz CT molecular complexity index is 759. The van der Waals surface area contributed by atoms with Gasteiger partial charge in [-0.05, 0) is 37.5 Å². The van der Waals surface area contributed by atoms with Crippen LogP contribution in [0.3, 0.4) is 0 Å². The predicted octanol–water partition coefficient (Wildman–Crippen LogP) is 2.33. The third-order valence-corrected chi connectivity index (χ3v) is 6.30. The predicted molar refractivity (Wildman–Crippen MR) is 130 cm³/mol. The van der Waals surface area contributed by atoms with Gasteiger partial charge in [0.15, 0.2) is 5.96 Å². The third-order valence-electron chi connectivity index (χ3n) is 4.61. The fraction of sp³-hybridized carbons (Fsp3) is 0.632. The van der Waals surface area contributed by atoms with E-state index in [1.165, 1.54) is 12.1 Å². The van der Waals surface area contributed by atoms with Crippen LogP contribution in [0.1, 0.15) is 19.3 Å². The maximum Gasteiger partial charge on any atom is 0.240 e. The maximum absolute atomic E-state index is 12.3. The van der Waals surface area contributed by atoms with E-state index in [-0.39, 0.29) is 41.5 Å². The first-order chi connectivity index (χ1) is 14.0. The second-order valence-corrected chi connectivity index (χ2v) is 8.94. The molecule has 1 aromatic carbocycles. The van der Waals surface area contributed by atoms with Crippen molar-refractivity contribution in [3.8, 4) is 0 Å². The summed E-state index contributed by atoms with van der Waals surface area (Å²) >= 11 is 5.87. The highest BCUT2D eigenvalue weighted by molar-refractivity contribution is 14.0. The number of halogens is 2. The number of sulfonamides is 1. The lowest BCUT2D eigenvalue weighted by atomic mass is 10.1. The number of benzene rings is 1. The van der Waals surface area contributed by atoms with Crippen molar-refractivity contribution in [1.29, 1.82) is 0 Å². The molecule has 0 saturated carbocycles. The van der Waals surface area contributed by atoms with Crippen LogP contribution in [0.5, 0.6) is 0 Å². The molecule has 11 heteroatoms. The first-order valence-corrected chi connectivity index (χ1v) is 11.6. The van der Waals surface area contributed by atoms with Crippen molar-refractivity contribution in [3.05, 3.63) is 29.3 Å². The Balaban J connectivity index is 0.00000450. The molecule has 1 heterocycles. The average Bonchev–Trinajstić information content (AvgIpc) is 2.72. The topological polar surface area (TPSA) is 92.3 Å². The van der Waals surface area contributed by atoms with Gasteiger partial charge >= 0.3 is 0 Å². The molecule has 1 aliphatic rings. The highest BCUT2D eigenvalue weighted by atomic mass is 127. The molecular formula is C19H32ClIN4O4S. The van der Waals surface area contributed by atoms with Crippen LogP contribution in [0.15, 0.2) is 34.2 Å². The second-order valence-electron chi connectivity index (χ2n) is 6.73. The molecule has 172 valence electrons. The monoisotopic (exact) mass is 574 g/mol. The molecule has 1 aliphatic heterocycles. The maximum atomic E-state index is 12.3. The van der Waals surface area contributed by atoms with E-state index in [1.807, 2.05) is 0 Å². The minimum absolute atomic E-state index is 0. The van der Waals surface area contributed by atoms with Gasteiger partial charge in [-0.3, -0.25) is 4.99 Å². The molecule has 1 saturated heterocycles. The van der Waals surface area contributed by atoms with Crippen LogP contribution in [0, 0.1) is 0 Å². The van der Waals surface area contributed by atoms with Crippen molar-refractivity contribution >= 4 is 51.6 Å². The zero-order chi connectivity index (χ0) is 21.1. The average molecular weight is 575 g/mol. The van der Waals surface area contributed by atoms with E-state index in [2.05, 4.69) is 19.9 Å². The Morgan fingerprint density at radius 2 is 2.00 bits per heavy atom. The number of hydrogen-bond donors (Lipinski definition) is 2. The van der Waals surface area contributed by atoms with Crippen LogP contribution in [0.25, 0.3) is 0 Å². The van der Waals surface area contributed by atoms with Gasteiger partial charge in [0.1, 0.15) is 0 Å².